The van der Waals surface area contributed by atoms with Gasteiger partial charge in [0.25, 0.3) is 0 Å². The van der Waals surface area contributed by atoms with E-state index < -0.39 is 6.04 Å². The number of ketones is 1. The zero-order valence-electron chi connectivity index (χ0n) is 17.3. The van der Waals surface area contributed by atoms with Gasteiger partial charge in [-0.1, -0.05) is 42.3 Å². The van der Waals surface area contributed by atoms with E-state index in [1.54, 1.807) is 4.90 Å². The summed E-state index contributed by atoms with van der Waals surface area (Å²) in [6, 6.07) is 7.78. The fraction of sp³-hybridized carbons (Fsp3) is 0.542. The van der Waals surface area contributed by atoms with Crippen LogP contribution in [0.1, 0.15) is 56.1 Å². The number of carbonyl (C=O) groups excluding carboxylic acids is 3. The summed E-state index contributed by atoms with van der Waals surface area (Å²) in [6.07, 6.45) is 10.4. The number of aldehydes is 1. The Hall–Kier alpha value is -1.92. The van der Waals surface area contributed by atoms with E-state index in [-0.39, 0.29) is 23.0 Å². The van der Waals surface area contributed by atoms with Crippen LogP contribution in [0.4, 0.5) is 0 Å². The molecule has 3 atom stereocenters. The van der Waals surface area contributed by atoms with Crippen LogP contribution in [0.15, 0.2) is 29.8 Å². The van der Waals surface area contributed by atoms with Crippen LogP contribution in [0.2, 0.25) is 0 Å². The number of unbranched alkanes of at least 4 members (excludes halogenated alkanes) is 2. The number of thioether (sulfide) groups is 1. The molecule has 5 nitrogen and oxygen atoms in total. The first-order valence-corrected chi connectivity index (χ1v) is 12.1. The van der Waals surface area contributed by atoms with Crippen LogP contribution in [-0.4, -0.2) is 52.6 Å². The van der Waals surface area contributed by atoms with Gasteiger partial charge in [0.15, 0.2) is 5.78 Å². The number of nitrogens with zero attached hydrogens (tertiary/aromatic N) is 1. The Labute approximate surface area is 182 Å². The Morgan fingerprint density at radius 3 is 2.90 bits per heavy atom. The number of rotatable bonds is 9. The molecule has 0 aromatic heterocycles. The number of allylic oxidation sites excluding steroid dienone is 1. The van der Waals surface area contributed by atoms with E-state index >= 15 is 0 Å². The van der Waals surface area contributed by atoms with Gasteiger partial charge in [0.1, 0.15) is 6.29 Å². The smallest absolute Gasteiger partial charge is 0.223 e. The zero-order chi connectivity index (χ0) is 20.9. The van der Waals surface area contributed by atoms with Crippen molar-refractivity contribution in [2.45, 2.75) is 68.7 Å². The van der Waals surface area contributed by atoms with Gasteiger partial charge in [0, 0.05) is 18.8 Å². The van der Waals surface area contributed by atoms with E-state index in [4.69, 9.17) is 0 Å². The largest absolute Gasteiger partial charge is 0.333 e. The Bertz CT molecular complexity index is 837. The van der Waals surface area contributed by atoms with Gasteiger partial charge in [0.05, 0.1) is 17.3 Å². The highest BCUT2D eigenvalue weighted by molar-refractivity contribution is 8.00. The van der Waals surface area contributed by atoms with E-state index in [0.29, 0.717) is 18.8 Å². The summed E-state index contributed by atoms with van der Waals surface area (Å²) in [5.41, 5.74) is 4.25. The molecular formula is C24H30N2O3S. The highest BCUT2D eigenvalue weighted by atomic mass is 32.2. The van der Waals surface area contributed by atoms with Crippen molar-refractivity contribution in [3.63, 3.8) is 0 Å². The van der Waals surface area contributed by atoms with Gasteiger partial charge in [-0.3, -0.25) is 14.9 Å². The molecule has 2 heterocycles. The lowest BCUT2D eigenvalue weighted by molar-refractivity contribution is -0.137. The van der Waals surface area contributed by atoms with Crippen molar-refractivity contribution in [3.05, 3.63) is 41.0 Å². The molecule has 2 fully saturated rings. The number of Topliss-reactive ketones (excluding diaryl/α,β-unsaturated/α-hetero) is 1. The predicted octanol–water partition coefficient (Wildman–Crippen LogP) is 3.37. The van der Waals surface area contributed by atoms with Gasteiger partial charge < -0.3 is 9.69 Å². The molecule has 160 valence electrons. The first-order valence-electron chi connectivity index (χ1n) is 11.1. The molecule has 1 aromatic rings. The molecule has 2 aliphatic heterocycles. The monoisotopic (exact) mass is 426 g/mol. The van der Waals surface area contributed by atoms with Crippen molar-refractivity contribution in [1.82, 2.24) is 10.2 Å². The molecule has 0 radical (unpaired) electrons. The van der Waals surface area contributed by atoms with Crippen LogP contribution in [0.3, 0.4) is 0 Å². The average molecular weight is 427 g/mol. The molecule has 0 saturated carbocycles. The normalized spacial score (nSPS) is 25.3. The topological polar surface area (TPSA) is 66.5 Å². The van der Waals surface area contributed by atoms with Crippen LogP contribution < -0.4 is 5.32 Å². The van der Waals surface area contributed by atoms with E-state index in [9.17, 15) is 14.4 Å². The summed E-state index contributed by atoms with van der Waals surface area (Å²) in [6.45, 7) is 0.664. The summed E-state index contributed by atoms with van der Waals surface area (Å²) in [5.74, 6) is 0.750. The summed E-state index contributed by atoms with van der Waals surface area (Å²) in [5, 5.41) is 2.69. The number of hydrogen-bond donors (Lipinski definition) is 1. The molecule has 2 saturated heterocycles. The average Bonchev–Trinajstić information content (AvgIpc) is 3.51. The first-order chi connectivity index (χ1) is 14.7. The second-order valence-electron chi connectivity index (χ2n) is 8.48. The second kappa shape index (κ2) is 9.92. The Morgan fingerprint density at radius 2 is 2.07 bits per heavy atom. The van der Waals surface area contributed by atoms with Crippen molar-refractivity contribution in [2.24, 2.45) is 0 Å². The Balaban J connectivity index is 1.19. The Morgan fingerprint density at radius 1 is 1.20 bits per heavy atom. The fourth-order valence-electron chi connectivity index (χ4n) is 4.83. The fourth-order valence-corrected chi connectivity index (χ4v) is 5.99. The molecule has 1 N–H and O–H groups in total. The van der Waals surface area contributed by atoms with Crippen LogP contribution >= 0.6 is 11.8 Å². The zero-order valence-corrected chi connectivity index (χ0v) is 18.2. The maximum atomic E-state index is 12.9. The SMILES string of the molecule is O=C[C@H]1NCSC1C(=O)[C@@H]1CCCN1C(=O)CCCCCC1=Cc2ccccc2C1. The lowest BCUT2D eigenvalue weighted by atomic mass is 10.0. The molecule has 0 bridgehead atoms. The minimum absolute atomic E-state index is 0.0423. The second-order valence-corrected chi connectivity index (χ2v) is 9.61. The number of nitrogens with one attached hydrogen (secondary N) is 1. The number of likely N-dealkylation sites (tertiary alicyclic amines) is 1. The molecule has 3 aliphatic rings. The van der Waals surface area contributed by atoms with Crippen molar-refractivity contribution >= 4 is 35.8 Å². The van der Waals surface area contributed by atoms with Gasteiger partial charge in [-0.05, 0) is 49.7 Å². The lowest BCUT2D eigenvalue weighted by Crippen LogP contribution is -2.47. The lowest BCUT2D eigenvalue weighted by Gasteiger charge is -2.26. The maximum Gasteiger partial charge on any atom is 0.223 e. The van der Waals surface area contributed by atoms with Crippen molar-refractivity contribution in [2.75, 3.05) is 12.4 Å². The van der Waals surface area contributed by atoms with Crippen LogP contribution in [0, 0.1) is 0 Å². The van der Waals surface area contributed by atoms with Crippen LogP contribution in [-0.2, 0) is 20.8 Å². The number of fused-ring (bicyclic) bond motifs is 1. The number of benzene rings is 1. The molecular weight excluding hydrogens is 396 g/mol. The Kier molecular flexibility index (Phi) is 7.05. The summed E-state index contributed by atoms with van der Waals surface area (Å²) >= 11 is 1.48. The highest BCUT2D eigenvalue weighted by Crippen LogP contribution is 2.29. The van der Waals surface area contributed by atoms with Gasteiger partial charge >= 0.3 is 0 Å². The molecule has 4 rings (SSSR count). The van der Waals surface area contributed by atoms with E-state index in [1.807, 2.05) is 0 Å². The van der Waals surface area contributed by atoms with E-state index in [2.05, 4.69) is 35.7 Å². The predicted molar refractivity (Wildman–Crippen MR) is 120 cm³/mol. The van der Waals surface area contributed by atoms with E-state index in [0.717, 1.165) is 51.2 Å². The molecule has 1 aromatic carbocycles. The number of amides is 1. The number of hydrogen-bond acceptors (Lipinski definition) is 5. The molecule has 1 unspecified atom stereocenters. The van der Waals surface area contributed by atoms with Crippen molar-refractivity contribution in [1.29, 1.82) is 0 Å². The van der Waals surface area contributed by atoms with Crippen molar-refractivity contribution in [3.8, 4) is 0 Å². The van der Waals surface area contributed by atoms with Gasteiger partial charge in [0.2, 0.25) is 5.91 Å². The molecule has 1 amide bonds. The van der Waals surface area contributed by atoms with Gasteiger partial charge in [-0.15, -0.1) is 11.8 Å². The van der Waals surface area contributed by atoms with Crippen LogP contribution in [0.25, 0.3) is 6.08 Å². The third kappa shape index (κ3) is 4.70. The third-order valence-electron chi connectivity index (χ3n) is 6.46. The summed E-state index contributed by atoms with van der Waals surface area (Å²) < 4.78 is 0. The quantitative estimate of drug-likeness (QED) is 0.484. The number of carbonyl (C=O) groups is 3. The molecule has 30 heavy (non-hydrogen) atoms. The maximum absolute atomic E-state index is 12.9. The van der Waals surface area contributed by atoms with Gasteiger partial charge in [-0.25, -0.2) is 0 Å². The third-order valence-corrected chi connectivity index (χ3v) is 7.68. The minimum Gasteiger partial charge on any atom is -0.333 e. The molecule has 1 aliphatic carbocycles. The molecule has 0 spiro atoms. The molecule has 6 heteroatoms. The van der Waals surface area contributed by atoms with Crippen LogP contribution in [0.5, 0.6) is 0 Å². The minimum atomic E-state index is -0.420. The summed E-state index contributed by atoms with van der Waals surface area (Å²) in [7, 11) is 0. The summed E-state index contributed by atoms with van der Waals surface area (Å²) in [4.78, 5) is 38.7. The van der Waals surface area contributed by atoms with Crippen molar-refractivity contribution < 1.29 is 14.4 Å². The van der Waals surface area contributed by atoms with Gasteiger partial charge in [-0.2, -0.15) is 0 Å². The van der Waals surface area contributed by atoms with E-state index in [1.165, 1.54) is 28.5 Å². The highest BCUT2D eigenvalue weighted by Gasteiger charge is 2.42. The standard InChI is InChI=1S/C24H30N2O3S/c27-15-20-24(30-16-25-20)23(29)21-10-6-12-26(21)22(28)11-3-1-2-7-17-13-18-8-4-5-9-19(18)14-17/h4-5,8-9,13,15,20-21,24-25H,1-3,6-7,10-12,14,16H2/t20-,21+,24?/m1/s1. The first kappa shape index (κ1) is 21.3.